The minimum atomic E-state index is -4.66. The number of azo groups is 1. The van der Waals surface area contributed by atoms with E-state index in [2.05, 4.69) is 15.3 Å². The maximum absolute atomic E-state index is 11.7. The lowest BCUT2D eigenvalue weighted by Gasteiger charge is -2.08. The molecule has 0 aliphatic carbocycles. The average Bonchev–Trinajstić information content (AvgIpc) is 2.99. The summed E-state index contributed by atoms with van der Waals surface area (Å²) in [6.45, 7) is 1.66. The number of rotatable bonds is 4. The summed E-state index contributed by atoms with van der Waals surface area (Å²) in [6, 6.07) is 16.3. The molecule has 0 amide bonds. The van der Waals surface area contributed by atoms with Gasteiger partial charge in [-0.15, -0.1) is 10.2 Å². The number of phenolic OH excluding ortho intramolecular Hbond substituents is 1. The van der Waals surface area contributed by atoms with Gasteiger partial charge < -0.3 is 10.2 Å². The molecule has 0 radical (unpaired) electrons. The summed E-state index contributed by atoms with van der Waals surface area (Å²) in [6.07, 6.45) is 0. The summed E-state index contributed by atoms with van der Waals surface area (Å²) in [7, 11) is -4.66. The minimum absolute atomic E-state index is 0.0925. The molecule has 1 heterocycles. The standard InChI is InChI=1S/C20H16N4O5S/c1-12-18(20(26)24(23-12)13-7-3-2-4-8-13)22-21-16-11-17(25)19(30(27,28)29)15-10-6-5-9-14(15)16/h2-11,25-26H,1H3,(H,27,28,29). The molecule has 0 aliphatic rings. The van der Waals surface area contributed by atoms with Gasteiger partial charge in [0.25, 0.3) is 10.1 Å². The van der Waals surface area contributed by atoms with Crippen molar-refractivity contribution in [3.63, 3.8) is 0 Å². The zero-order valence-corrected chi connectivity index (χ0v) is 16.4. The van der Waals surface area contributed by atoms with Crippen LogP contribution < -0.4 is 0 Å². The summed E-state index contributed by atoms with van der Waals surface area (Å²) >= 11 is 0. The van der Waals surface area contributed by atoms with E-state index in [1.165, 1.54) is 10.7 Å². The van der Waals surface area contributed by atoms with E-state index in [1.54, 1.807) is 49.4 Å². The quantitative estimate of drug-likeness (QED) is 0.328. The molecule has 3 N–H and O–H groups in total. The summed E-state index contributed by atoms with van der Waals surface area (Å²) in [5.74, 6) is -0.878. The largest absolute Gasteiger partial charge is 0.506 e. The first-order valence-electron chi connectivity index (χ1n) is 8.75. The first-order valence-corrected chi connectivity index (χ1v) is 10.2. The highest BCUT2D eigenvalue weighted by atomic mass is 32.2. The second-order valence-corrected chi connectivity index (χ2v) is 7.83. The lowest BCUT2D eigenvalue weighted by Crippen LogP contribution is -1.99. The number of aromatic hydroxyl groups is 2. The molecule has 9 nitrogen and oxygen atoms in total. The van der Waals surface area contributed by atoms with Crippen LogP contribution in [-0.4, -0.2) is 33.0 Å². The number of hydrogen-bond donors (Lipinski definition) is 3. The Bertz CT molecular complexity index is 1400. The number of benzene rings is 3. The molecule has 0 atom stereocenters. The lowest BCUT2D eigenvalue weighted by molar-refractivity contribution is 0.434. The lowest BCUT2D eigenvalue weighted by atomic mass is 10.1. The maximum Gasteiger partial charge on any atom is 0.298 e. The molecule has 0 saturated carbocycles. The van der Waals surface area contributed by atoms with Crippen LogP contribution in [-0.2, 0) is 10.1 Å². The smallest absolute Gasteiger partial charge is 0.298 e. The van der Waals surface area contributed by atoms with Crippen LogP contribution >= 0.6 is 0 Å². The van der Waals surface area contributed by atoms with E-state index in [0.717, 1.165) is 6.07 Å². The zero-order chi connectivity index (χ0) is 21.5. The number of aryl methyl sites for hydroxylation is 1. The van der Waals surface area contributed by atoms with Crippen LogP contribution in [0.1, 0.15) is 5.69 Å². The SMILES string of the molecule is Cc1nn(-c2ccccc2)c(O)c1N=Nc1cc(O)c(S(=O)(=O)O)c2ccccc12. The molecule has 0 fully saturated rings. The highest BCUT2D eigenvalue weighted by Crippen LogP contribution is 2.40. The monoisotopic (exact) mass is 424 g/mol. The predicted molar refractivity (Wildman–Crippen MR) is 110 cm³/mol. The van der Waals surface area contributed by atoms with Crippen molar-refractivity contribution in [2.24, 2.45) is 10.2 Å². The maximum atomic E-state index is 11.7. The number of nitrogens with zero attached hydrogens (tertiary/aromatic N) is 4. The Hall–Kier alpha value is -3.76. The number of fused-ring (bicyclic) bond motifs is 1. The topological polar surface area (TPSA) is 137 Å². The molecule has 30 heavy (non-hydrogen) atoms. The van der Waals surface area contributed by atoms with E-state index in [-0.39, 0.29) is 22.6 Å². The van der Waals surface area contributed by atoms with Crippen LogP contribution in [0.15, 0.2) is 75.8 Å². The Labute approximate surface area is 171 Å². The Morgan fingerprint density at radius 3 is 2.23 bits per heavy atom. The van der Waals surface area contributed by atoms with Crippen molar-refractivity contribution in [1.29, 1.82) is 0 Å². The Kier molecular flexibility index (Phi) is 4.72. The molecule has 3 aromatic carbocycles. The summed E-state index contributed by atoms with van der Waals surface area (Å²) in [4.78, 5) is -0.604. The number of para-hydroxylation sites is 1. The molecule has 10 heteroatoms. The molecule has 4 aromatic rings. The fourth-order valence-electron chi connectivity index (χ4n) is 3.15. The van der Waals surface area contributed by atoms with Gasteiger partial charge in [0.05, 0.1) is 17.1 Å². The molecule has 0 saturated heterocycles. The normalized spacial score (nSPS) is 12.1. The first kappa shape index (κ1) is 19.6. The van der Waals surface area contributed by atoms with Crippen LogP contribution in [0.2, 0.25) is 0 Å². The molecule has 0 bridgehead atoms. The van der Waals surface area contributed by atoms with Gasteiger partial charge in [0.2, 0.25) is 5.88 Å². The molecular weight excluding hydrogens is 408 g/mol. The molecule has 1 aromatic heterocycles. The van der Waals surface area contributed by atoms with Crippen molar-refractivity contribution >= 4 is 32.3 Å². The van der Waals surface area contributed by atoms with Crippen molar-refractivity contribution in [1.82, 2.24) is 9.78 Å². The molecule has 0 spiro atoms. The molecule has 4 rings (SSSR count). The third-order valence-corrected chi connectivity index (χ3v) is 5.42. The van der Waals surface area contributed by atoms with Gasteiger partial charge in [-0.05, 0) is 19.1 Å². The van der Waals surface area contributed by atoms with Crippen LogP contribution in [0, 0.1) is 6.92 Å². The minimum Gasteiger partial charge on any atom is -0.506 e. The second-order valence-electron chi connectivity index (χ2n) is 6.47. The van der Waals surface area contributed by atoms with Gasteiger partial charge in [0, 0.05) is 16.8 Å². The van der Waals surface area contributed by atoms with Crippen LogP contribution in [0.3, 0.4) is 0 Å². The average molecular weight is 424 g/mol. The van der Waals surface area contributed by atoms with Crippen molar-refractivity contribution < 1.29 is 23.2 Å². The Morgan fingerprint density at radius 2 is 1.57 bits per heavy atom. The van der Waals surface area contributed by atoms with Crippen LogP contribution in [0.5, 0.6) is 11.6 Å². The van der Waals surface area contributed by atoms with Crippen molar-refractivity contribution in [2.45, 2.75) is 11.8 Å². The van der Waals surface area contributed by atoms with Crippen molar-refractivity contribution in [3.8, 4) is 17.3 Å². The predicted octanol–water partition coefficient (Wildman–Crippen LogP) is 4.41. The summed E-state index contributed by atoms with van der Waals surface area (Å²) in [5.41, 5.74) is 1.34. The van der Waals surface area contributed by atoms with Crippen LogP contribution in [0.4, 0.5) is 11.4 Å². The number of phenols is 1. The van der Waals surface area contributed by atoms with E-state index in [4.69, 9.17) is 0 Å². The van der Waals surface area contributed by atoms with E-state index < -0.39 is 20.8 Å². The second kappa shape index (κ2) is 7.25. The van der Waals surface area contributed by atoms with Gasteiger partial charge in [-0.25, -0.2) is 0 Å². The van der Waals surface area contributed by atoms with Gasteiger partial charge in [-0.1, -0.05) is 42.5 Å². The van der Waals surface area contributed by atoms with E-state index in [0.29, 0.717) is 16.8 Å². The highest BCUT2D eigenvalue weighted by Gasteiger charge is 2.22. The highest BCUT2D eigenvalue weighted by molar-refractivity contribution is 7.86. The fourth-order valence-corrected chi connectivity index (χ4v) is 3.93. The molecule has 152 valence electrons. The fraction of sp³-hybridized carbons (Fsp3) is 0.0500. The van der Waals surface area contributed by atoms with E-state index >= 15 is 0 Å². The van der Waals surface area contributed by atoms with E-state index in [9.17, 15) is 23.2 Å². The van der Waals surface area contributed by atoms with Gasteiger partial charge >= 0.3 is 0 Å². The van der Waals surface area contributed by atoms with E-state index in [1.807, 2.05) is 6.07 Å². The molecular formula is C20H16N4O5S. The number of hydrogen-bond acceptors (Lipinski definition) is 7. The van der Waals surface area contributed by atoms with Crippen molar-refractivity contribution in [3.05, 3.63) is 66.4 Å². The summed E-state index contributed by atoms with van der Waals surface area (Å²) in [5, 5.41) is 33.6. The number of aromatic nitrogens is 2. The van der Waals surface area contributed by atoms with Gasteiger partial charge in [0.1, 0.15) is 10.6 Å². The van der Waals surface area contributed by atoms with Gasteiger partial charge in [-0.3, -0.25) is 4.55 Å². The van der Waals surface area contributed by atoms with Gasteiger partial charge in [0.15, 0.2) is 5.69 Å². The van der Waals surface area contributed by atoms with Gasteiger partial charge in [-0.2, -0.15) is 18.2 Å². The molecule has 0 unspecified atom stereocenters. The zero-order valence-electron chi connectivity index (χ0n) is 15.6. The van der Waals surface area contributed by atoms with Crippen LogP contribution in [0.25, 0.3) is 16.5 Å². The third-order valence-electron chi connectivity index (χ3n) is 4.48. The Balaban J connectivity index is 1.84. The Morgan fingerprint density at radius 1 is 0.933 bits per heavy atom. The third kappa shape index (κ3) is 3.38. The summed E-state index contributed by atoms with van der Waals surface area (Å²) < 4.78 is 34.1. The van der Waals surface area contributed by atoms with Crippen molar-refractivity contribution in [2.75, 3.05) is 0 Å². The molecule has 0 aliphatic heterocycles. The first-order chi connectivity index (χ1) is 14.3.